The molecule has 3 aromatic carbocycles. The fourth-order valence-corrected chi connectivity index (χ4v) is 5.51. The van der Waals surface area contributed by atoms with Gasteiger partial charge in [-0.15, -0.1) is 0 Å². The van der Waals surface area contributed by atoms with Crippen LogP contribution in [0, 0.1) is 22.9 Å². The van der Waals surface area contributed by atoms with E-state index in [4.69, 9.17) is 32.2 Å². The van der Waals surface area contributed by atoms with Crippen molar-refractivity contribution in [2.24, 2.45) is 5.73 Å². The molecular formula is C30H30ClF3N4O2S. The number of imidazole rings is 1. The molecule has 1 heterocycles. The van der Waals surface area contributed by atoms with E-state index in [2.05, 4.69) is 4.98 Å². The van der Waals surface area contributed by atoms with E-state index in [0.717, 1.165) is 35.2 Å². The Morgan fingerprint density at radius 1 is 1.07 bits per heavy atom. The molecule has 0 aliphatic heterocycles. The molecule has 0 radical (unpaired) electrons. The summed E-state index contributed by atoms with van der Waals surface area (Å²) in [6, 6.07) is 13.7. The number of benzene rings is 3. The molecule has 0 bridgehead atoms. The third kappa shape index (κ3) is 7.00. The van der Waals surface area contributed by atoms with Gasteiger partial charge in [-0.1, -0.05) is 43.3 Å². The van der Waals surface area contributed by atoms with Gasteiger partial charge in [-0.3, -0.25) is 9.98 Å². The number of hydrogen-bond acceptors (Lipinski definition) is 5. The van der Waals surface area contributed by atoms with Gasteiger partial charge in [0.1, 0.15) is 29.0 Å². The van der Waals surface area contributed by atoms with E-state index in [9.17, 15) is 13.2 Å². The Hall–Kier alpha value is -3.63. The number of ether oxygens (including phenoxy) is 2. The van der Waals surface area contributed by atoms with Gasteiger partial charge in [-0.2, -0.15) is 0 Å². The smallest absolute Gasteiger partial charge is 0.173 e. The second kappa shape index (κ2) is 12.9. The van der Waals surface area contributed by atoms with Crippen molar-refractivity contribution in [3.05, 3.63) is 100 Å². The van der Waals surface area contributed by atoms with Crippen molar-refractivity contribution in [3.63, 3.8) is 0 Å². The van der Waals surface area contributed by atoms with Crippen LogP contribution in [0.5, 0.6) is 11.5 Å². The standard InChI is InChI=1S/C30H30ClF3N4O2S/c1-30(2,18-6-11-23(31)26(13-18)39-3)27-16-37-29(38(27)20-9-7-19(32)8-10-20)41-17-22-24(33)14-21(15-25(22)34)40-12-4-5-28(35)36/h6-11,13-16H,4-5,12,17H2,1-3H3,(H3,35,36). The fraction of sp³-hybridized carbons (Fsp3) is 0.267. The number of nitrogens with zero attached hydrogens (tertiary/aromatic N) is 2. The first-order chi connectivity index (χ1) is 19.5. The number of aromatic nitrogens is 2. The van der Waals surface area contributed by atoms with Crippen LogP contribution in [0.4, 0.5) is 13.2 Å². The predicted molar refractivity (Wildman–Crippen MR) is 156 cm³/mol. The van der Waals surface area contributed by atoms with Crippen molar-refractivity contribution < 1.29 is 22.6 Å². The van der Waals surface area contributed by atoms with Gasteiger partial charge in [0.05, 0.1) is 36.5 Å². The number of nitrogens with two attached hydrogens (primary N) is 1. The van der Waals surface area contributed by atoms with E-state index >= 15 is 0 Å². The zero-order chi connectivity index (χ0) is 29.7. The van der Waals surface area contributed by atoms with Crippen molar-refractivity contribution in [3.8, 4) is 17.2 Å². The lowest BCUT2D eigenvalue weighted by molar-refractivity contribution is 0.309. The van der Waals surface area contributed by atoms with Crippen LogP contribution in [0.1, 0.15) is 43.5 Å². The minimum Gasteiger partial charge on any atom is -0.495 e. The molecular weight excluding hydrogens is 573 g/mol. The highest BCUT2D eigenvalue weighted by Crippen LogP contribution is 2.39. The van der Waals surface area contributed by atoms with Crippen molar-refractivity contribution in [1.29, 1.82) is 5.41 Å². The molecule has 0 atom stereocenters. The number of thioether (sulfide) groups is 1. The summed E-state index contributed by atoms with van der Waals surface area (Å²) in [6.45, 7) is 4.20. The first-order valence-corrected chi connectivity index (χ1v) is 14.1. The monoisotopic (exact) mass is 602 g/mol. The van der Waals surface area contributed by atoms with Crippen LogP contribution in [0.3, 0.4) is 0 Å². The molecule has 0 aliphatic carbocycles. The highest BCUT2D eigenvalue weighted by Gasteiger charge is 2.30. The van der Waals surface area contributed by atoms with E-state index in [1.807, 2.05) is 30.5 Å². The summed E-state index contributed by atoms with van der Waals surface area (Å²) in [4.78, 5) is 4.60. The van der Waals surface area contributed by atoms with Gasteiger partial charge < -0.3 is 15.2 Å². The number of rotatable bonds is 12. The number of halogens is 4. The fourth-order valence-electron chi connectivity index (χ4n) is 4.30. The zero-order valence-corrected chi connectivity index (χ0v) is 24.4. The molecule has 1 aromatic heterocycles. The summed E-state index contributed by atoms with van der Waals surface area (Å²) in [7, 11) is 1.54. The molecule has 4 rings (SSSR count). The summed E-state index contributed by atoms with van der Waals surface area (Å²) >= 11 is 7.41. The van der Waals surface area contributed by atoms with E-state index < -0.39 is 17.0 Å². The highest BCUT2D eigenvalue weighted by atomic mass is 35.5. The second-order valence-corrected chi connectivity index (χ2v) is 11.2. The Labute approximate surface area is 246 Å². The first-order valence-electron chi connectivity index (χ1n) is 12.8. The van der Waals surface area contributed by atoms with Crippen LogP contribution >= 0.6 is 23.4 Å². The maximum absolute atomic E-state index is 15.0. The van der Waals surface area contributed by atoms with Gasteiger partial charge in [-0.05, 0) is 48.4 Å². The van der Waals surface area contributed by atoms with Crippen molar-refractivity contribution in [1.82, 2.24) is 9.55 Å². The normalized spacial score (nSPS) is 11.5. The highest BCUT2D eigenvalue weighted by molar-refractivity contribution is 7.98. The average Bonchev–Trinajstić information content (AvgIpc) is 3.36. The summed E-state index contributed by atoms with van der Waals surface area (Å²) in [6.07, 6.45) is 2.51. The summed E-state index contributed by atoms with van der Waals surface area (Å²) in [5, 5.41) is 8.19. The van der Waals surface area contributed by atoms with Crippen molar-refractivity contribution in [2.45, 2.75) is 43.0 Å². The molecule has 11 heteroatoms. The molecule has 3 N–H and O–H groups in total. The largest absolute Gasteiger partial charge is 0.495 e. The Balaban J connectivity index is 1.65. The van der Waals surface area contributed by atoms with Gasteiger partial charge in [0.2, 0.25) is 0 Å². The molecule has 6 nitrogen and oxygen atoms in total. The topological polar surface area (TPSA) is 86.2 Å². The molecule has 0 unspecified atom stereocenters. The molecule has 0 fully saturated rings. The van der Waals surface area contributed by atoms with E-state index in [-0.39, 0.29) is 35.3 Å². The first kappa shape index (κ1) is 30.3. The Bertz CT molecular complexity index is 1520. The van der Waals surface area contributed by atoms with Crippen LogP contribution in [0.2, 0.25) is 5.02 Å². The van der Waals surface area contributed by atoms with Gasteiger partial charge in [-0.25, -0.2) is 18.2 Å². The van der Waals surface area contributed by atoms with Crippen LogP contribution in [0.15, 0.2) is 66.0 Å². The van der Waals surface area contributed by atoms with Crippen LogP contribution in [-0.2, 0) is 11.2 Å². The number of methoxy groups -OCH3 is 1. The summed E-state index contributed by atoms with van der Waals surface area (Å²) < 4.78 is 56.4. The molecule has 0 saturated carbocycles. The molecule has 0 saturated heterocycles. The molecule has 41 heavy (non-hydrogen) atoms. The quantitative estimate of drug-likeness (QED) is 0.0752. The summed E-state index contributed by atoms with van der Waals surface area (Å²) in [5.41, 5.74) is 6.89. The maximum atomic E-state index is 15.0. The number of hydrogen-bond donors (Lipinski definition) is 2. The Kier molecular flexibility index (Phi) is 9.55. The number of amidine groups is 1. The predicted octanol–water partition coefficient (Wildman–Crippen LogP) is 7.66. The van der Waals surface area contributed by atoms with Crippen LogP contribution in [0.25, 0.3) is 5.69 Å². The van der Waals surface area contributed by atoms with Gasteiger partial charge in [0.15, 0.2) is 5.16 Å². The van der Waals surface area contributed by atoms with Crippen LogP contribution in [-0.4, -0.2) is 29.1 Å². The van der Waals surface area contributed by atoms with Crippen molar-refractivity contribution >= 4 is 29.2 Å². The van der Waals surface area contributed by atoms with E-state index in [0.29, 0.717) is 34.5 Å². The maximum Gasteiger partial charge on any atom is 0.173 e. The molecule has 0 spiro atoms. The third-order valence-corrected chi connectivity index (χ3v) is 7.94. The lowest BCUT2D eigenvalue weighted by Gasteiger charge is -2.28. The minimum atomic E-state index is -0.743. The lowest BCUT2D eigenvalue weighted by atomic mass is 9.81. The minimum absolute atomic E-state index is 0.0248. The van der Waals surface area contributed by atoms with Gasteiger partial charge in [0, 0.05) is 41.0 Å². The molecule has 216 valence electrons. The average molecular weight is 603 g/mol. The van der Waals surface area contributed by atoms with Crippen LogP contribution < -0.4 is 15.2 Å². The lowest BCUT2D eigenvalue weighted by Crippen LogP contribution is -2.23. The number of nitrogens with one attached hydrogen (secondary N) is 1. The second-order valence-electron chi connectivity index (χ2n) is 9.84. The zero-order valence-electron chi connectivity index (χ0n) is 22.8. The molecule has 4 aromatic rings. The van der Waals surface area contributed by atoms with Gasteiger partial charge >= 0.3 is 0 Å². The SMILES string of the molecule is COc1cc(C(C)(C)c2cnc(SCc3c(F)cc(OCCCC(=N)N)cc3F)n2-c2ccc(F)cc2)ccc1Cl. The molecule has 0 aliphatic rings. The van der Waals surface area contributed by atoms with Crippen molar-refractivity contribution in [2.75, 3.05) is 13.7 Å². The van der Waals surface area contributed by atoms with Gasteiger partial charge in [0.25, 0.3) is 0 Å². The summed E-state index contributed by atoms with van der Waals surface area (Å²) in [5.74, 6) is -1.31. The Morgan fingerprint density at radius 3 is 2.39 bits per heavy atom. The third-order valence-electron chi connectivity index (χ3n) is 6.65. The van der Waals surface area contributed by atoms with E-state index in [1.165, 1.54) is 12.1 Å². The Morgan fingerprint density at radius 2 is 1.76 bits per heavy atom. The van der Waals surface area contributed by atoms with E-state index in [1.54, 1.807) is 31.5 Å². The molecule has 0 amide bonds.